The first-order valence-corrected chi connectivity index (χ1v) is 6.99. The summed E-state index contributed by atoms with van der Waals surface area (Å²) in [7, 11) is 0. The van der Waals surface area contributed by atoms with Gasteiger partial charge in [-0.25, -0.2) is 0 Å². The minimum absolute atomic E-state index is 0.225. The van der Waals surface area contributed by atoms with Crippen LogP contribution in [0.25, 0.3) is 11.1 Å². The van der Waals surface area contributed by atoms with Crippen molar-refractivity contribution in [3.8, 4) is 16.9 Å². The summed E-state index contributed by atoms with van der Waals surface area (Å²) in [5.41, 5.74) is 2.45. The number of rotatable bonds is 3. The van der Waals surface area contributed by atoms with E-state index in [0.717, 1.165) is 5.75 Å². The van der Waals surface area contributed by atoms with Gasteiger partial charge in [-0.1, -0.05) is 62.7 Å². The summed E-state index contributed by atoms with van der Waals surface area (Å²) in [6, 6.07) is 18.6. The van der Waals surface area contributed by atoms with Crippen molar-refractivity contribution < 1.29 is 4.74 Å². The van der Waals surface area contributed by atoms with Crippen molar-refractivity contribution in [2.45, 2.75) is 40.2 Å². The van der Waals surface area contributed by atoms with Crippen LogP contribution in [-0.4, -0.2) is 6.10 Å². The second-order valence-electron chi connectivity index (χ2n) is 4.76. The van der Waals surface area contributed by atoms with Crippen LogP contribution in [0.4, 0.5) is 0 Å². The third-order valence-corrected chi connectivity index (χ3v) is 2.33. The third-order valence-electron chi connectivity index (χ3n) is 2.33. The van der Waals surface area contributed by atoms with Crippen molar-refractivity contribution in [2.75, 3.05) is 0 Å². The van der Waals surface area contributed by atoms with Gasteiger partial charge in [-0.05, 0) is 37.1 Å². The Hall–Kier alpha value is -1.76. The molecule has 2 aromatic rings. The van der Waals surface area contributed by atoms with E-state index in [1.165, 1.54) is 17.5 Å². The zero-order chi connectivity index (χ0) is 14.1. The van der Waals surface area contributed by atoms with E-state index in [2.05, 4.69) is 38.1 Å². The maximum atomic E-state index is 5.61. The fourth-order valence-corrected chi connectivity index (χ4v) is 1.63. The van der Waals surface area contributed by atoms with Crippen molar-refractivity contribution in [2.24, 2.45) is 0 Å². The van der Waals surface area contributed by atoms with Crippen molar-refractivity contribution in [1.29, 1.82) is 0 Å². The van der Waals surface area contributed by atoms with Crippen LogP contribution in [0.5, 0.6) is 5.75 Å². The summed E-state index contributed by atoms with van der Waals surface area (Å²) in [6.45, 7) is 8.32. The van der Waals surface area contributed by atoms with Crippen molar-refractivity contribution in [1.82, 2.24) is 0 Å². The first kappa shape index (κ1) is 15.3. The van der Waals surface area contributed by atoms with Crippen LogP contribution in [0.1, 0.15) is 34.1 Å². The maximum absolute atomic E-state index is 5.61. The minimum Gasteiger partial charge on any atom is -0.491 e. The molecule has 2 aromatic carbocycles. The molecule has 0 saturated heterocycles. The Balaban J connectivity index is 0.000000550. The van der Waals surface area contributed by atoms with Crippen molar-refractivity contribution >= 4 is 0 Å². The molecule has 0 N–H and O–H groups in total. The summed E-state index contributed by atoms with van der Waals surface area (Å²) in [6.07, 6.45) is 1.47. The molecule has 0 amide bonds. The molecular formula is C18H24O. The molecule has 1 heteroatoms. The fraction of sp³-hybridized carbons (Fsp3) is 0.333. The Morgan fingerprint density at radius 3 is 1.74 bits per heavy atom. The zero-order valence-corrected chi connectivity index (χ0v) is 12.4. The summed E-state index contributed by atoms with van der Waals surface area (Å²) in [5, 5.41) is 0. The Labute approximate surface area is 117 Å². The molecule has 0 bridgehead atoms. The molecule has 19 heavy (non-hydrogen) atoms. The number of ether oxygens (including phenoxy) is 1. The molecule has 0 fully saturated rings. The molecule has 2 rings (SSSR count). The number of hydrogen-bond acceptors (Lipinski definition) is 1. The molecule has 0 aliphatic carbocycles. The second kappa shape index (κ2) is 8.36. The molecule has 0 unspecified atom stereocenters. The molecule has 0 aromatic heterocycles. The van der Waals surface area contributed by atoms with Crippen LogP contribution < -0.4 is 4.74 Å². The zero-order valence-electron chi connectivity index (χ0n) is 12.4. The first-order chi connectivity index (χ1) is 9.17. The topological polar surface area (TPSA) is 9.23 Å². The van der Waals surface area contributed by atoms with E-state index in [-0.39, 0.29) is 6.10 Å². The van der Waals surface area contributed by atoms with Crippen molar-refractivity contribution in [3.63, 3.8) is 0 Å². The highest BCUT2D eigenvalue weighted by Crippen LogP contribution is 2.22. The smallest absolute Gasteiger partial charge is 0.119 e. The molecule has 0 heterocycles. The van der Waals surface area contributed by atoms with Gasteiger partial charge in [0, 0.05) is 0 Å². The Morgan fingerprint density at radius 1 is 0.789 bits per heavy atom. The van der Waals surface area contributed by atoms with Crippen LogP contribution >= 0.6 is 0 Å². The van der Waals surface area contributed by atoms with E-state index in [4.69, 9.17) is 4.74 Å². The number of hydrogen-bond donors (Lipinski definition) is 0. The first-order valence-electron chi connectivity index (χ1n) is 6.99. The molecule has 0 saturated carbocycles. The van der Waals surface area contributed by atoms with Crippen LogP contribution in [0.2, 0.25) is 0 Å². The highest BCUT2D eigenvalue weighted by molar-refractivity contribution is 5.63. The maximum Gasteiger partial charge on any atom is 0.119 e. The quantitative estimate of drug-likeness (QED) is 0.699. The Morgan fingerprint density at radius 2 is 1.26 bits per heavy atom. The van der Waals surface area contributed by atoms with E-state index < -0.39 is 0 Å². The van der Waals surface area contributed by atoms with Gasteiger partial charge in [-0.15, -0.1) is 0 Å². The molecule has 0 aliphatic heterocycles. The van der Waals surface area contributed by atoms with Crippen LogP contribution in [0, 0.1) is 0 Å². The van der Waals surface area contributed by atoms with Gasteiger partial charge in [0.1, 0.15) is 5.75 Å². The molecule has 102 valence electrons. The van der Waals surface area contributed by atoms with Crippen LogP contribution in [0.3, 0.4) is 0 Å². The Kier molecular flexibility index (Phi) is 6.73. The van der Waals surface area contributed by atoms with E-state index >= 15 is 0 Å². The average molecular weight is 256 g/mol. The van der Waals surface area contributed by atoms with Crippen LogP contribution in [-0.2, 0) is 0 Å². The molecule has 0 aliphatic rings. The lowest BCUT2D eigenvalue weighted by Crippen LogP contribution is -2.05. The predicted octanol–water partition coefficient (Wildman–Crippen LogP) is 5.56. The molecule has 0 atom stereocenters. The highest BCUT2D eigenvalue weighted by atomic mass is 16.5. The van der Waals surface area contributed by atoms with Gasteiger partial charge in [0.05, 0.1) is 6.10 Å². The SMILES string of the molecule is CC(C)Oc1ccc(-c2ccccc2)cc1.CCC. The highest BCUT2D eigenvalue weighted by Gasteiger charge is 1.99. The number of benzene rings is 2. The summed E-state index contributed by atoms with van der Waals surface area (Å²) < 4.78 is 5.61. The lowest BCUT2D eigenvalue weighted by molar-refractivity contribution is 0.242. The van der Waals surface area contributed by atoms with Gasteiger partial charge in [0.25, 0.3) is 0 Å². The van der Waals surface area contributed by atoms with E-state index in [1.54, 1.807) is 0 Å². The largest absolute Gasteiger partial charge is 0.491 e. The standard InChI is InChI=1S/C15H16O.C3H8/c1-12(2)16-15-10-8-14(9-11-15)13-6-4-3-5-7-13;1-3-2/h3-12H,1-2H3;3H2,1-2H3. The van der Waals surface area contributed by atoms with Gasteiger partial charge in [0.15, 0.2) is 0 Å². The van der Waals surface area contributed by atoms with Crippen LogP contribution in [0.15, 0.2) is 54.6 Å². The Bertz CT molecular complexity index is 443. The summed E-state index contributed by atoms with van der Waals surface area (Å²) >= 11 is 0. The lowest BCUT2D eigenvalue weighted by atomic mass is 10.1. The van der Waals surface area contributed by atoms with Gasteiger partial charge in [-0.3, -0.25) is 0 Å². The normalized spacial score (nSPS) is 9.74. The molecule has 0 spiro atoms. The van der Waals surface area contributed by atoms with Gasteiger partial charge >= 0.3 is 0 Å². The third kappa shape index (κ3) is 5.60. The molecule has 1 nitrogen and oxygen atoms in total. The minimum atomic E-state index is 0.225. The van der Waals surface area contributed by atoms with Gasteiger partial charge in [0.2, 0.25) is 0 Å². The molecular weight excluding hydrogens is 232 g/mol. The van der Waals surface area contributed by atoms with Crippen molar-refractivity contribution in [3.05, 3.63) is 54.6 Å². The predicted molar refractivity (Wildman–Crippen MR) is 83.6 cm³/mol. The lowest BCUT2D eigenvalue weighted by Gasteiger charge is -2.10. The fourth-order valence-electron chi connectivity index (χ4n) is 1.63. The summed E-state index contributed by atoms with van der Waals surface area (Å²) in [5.74, 6) is 0.926. The van der Waals surface area contributed by atoms with E-state index in [0.29, 0.717) is 0 Å². The van der Waals surface area contributed by atoms with Gasteiger partial charge < -0.3 is 4.74 Å². The van der Waals surface area contributed by atoms with E-state index in [1.807, 2.05) is 44.2 Å². The van der Waals surface area contributed by atoms with E-state index in [9.17, 15) is 0 Å². The summed E-state index contributed by atoms with van der Waals surface area (Å²) in [4.78, 5) is 0. The molecule has 0 radical (unpaired) electrons. The van der Waals surface area contributed by atoms with Gasteiger partial charge in [-0.2, -0.15) is 0 Å². The monoisotopic (exact) mass is 256 g/mol. The second-order valence-corrected chi connectivity index (χ2v) is 4.76. The average Bonchev–Trinajstić information content (AvgIpc) is 2.41.